The third-order valence-electron chi connectivity index (χ3n) is 2.85. The van der Waals surface area contributed by atoms with Crippen molar-refractivity contribution in [3.63, 3.8) is 0 Å². The van der Waals surface area contributed by atoms with Crippen LogP contribution in [-0.4, -0.2) is 11.5 Å². The zero-order valence-electron chi connectivity index (χ0n) is 10.1. The SMILES string of the molecule is CCC(CC)CNCc1cncc(C)c1. The van der Waals surface area contributed by atoms with Crippen LogP contribution in [0, 0.1) is 12.8 Å². The van der Waals surface area contributed by atoms with Crippen LogP contribution in [0.1, 0.15) is 37.8 Å². The third kappa shape index (κ3) is 4.43. The van der Waals surface area contributed by atoms with E-state index in [1.165, 1.54) is 24.0 Å². The molecule has 2 heteroatoms. The predicted octanol–water partition coefficient (Wildman–Crippen LogP) is 2.92. The van der Waals surface area contributed by atoms with Crippen LogP contribution in [0.3, 0.4) is 0 Å². The molecule has 0 atom stereocenters. The lowest BCUT2D eigenvalue weighted by Gasteiger charge is -2.13. The Morgan fingerprint density at radius 2 is 2.00 bits per heavy atom. The minimum atomic E-state index is 0.808. The first-order chi connectivity index (χ1) is 7.26. The molecule has 1 N–H and O–H groups in total. The highest BCUT2D eigenvalue weighted by Crippen LogP contribution is 2.06. The van der Waals surface area contributed by atoms with Crippen molar-refractivity contribution in [3.8, 4) is 0 Å². The number of rotatable bonds is 6. The molecule has 0 fully saturated rings. The minimum absolute atomic E-state index is 0.808. The largest absolute Gasteiger partial charge is 0.312 e. The zero-order valence-corrected chi connectivity index (χ0v) is 10.1. The molecular weight excluding hydrogens is 184 g/mol. The van der Waals surface area contributed by atoms with Crippen LogP contribution >= 0.6 is 0 Å². The number of pyridine rings is 1. The first-order valence-electron chi connectivity index (χ1n) is 5.87. The molecule has 0 aromatic carbocycles. The van der Waals surface area contributed by atoms with Gasteiger partial charge in [-0.05, 0) is 30.5 Å². The van der Waals surface area contributed by atoms with Gasteiger partial charge in [0.05, 0.1) is 0 Å². The van der Waals surface area contributed by atoms with Gasteiger partial charge in [0.25, 0.3) is 0 Å². The molecule has 0 saturated heterocycles. The third-order valence-corrected chi connectivity index (χ3v) is 2.85. The van der Waals surface area contributed by atoms with Crippen LogP contribution in [0.2, 0.25) is 0 Å². The molecule has 0 spiro atoms. The quantitative estimate of drug-likeness (QED) is 0.774. The van der Waals surface area contributed by atoms with Gasteiger partial charge in [0.15, 0.2) is 0 Å². The van der Waals surface area contributed by atoms with Gasteiger partial charge in [-0.15, -0.1) is 0 Å². The summed E-state index contributed by atoms with van der Waals surface area (Å²) in [4.78, 5) is 4.18. The van der Waals surface area contributed by atoms with E-state index in [4.69, 9.17) is 0 Å². The van der Waals surface area contributed by atoms with Crippen molar-refractivity contribution in [1.29, 1.82) is 0 Å². The second-order valence-corrected chi connectivity index (χ2v) is 4.18. The van der Waals surface area contributed by atoms with E-state index in [9.17, 15) is 0 Å². The highest BCUT2D eigenvalue weighted by molar-refractivity contribution is 5.16. The molecule has 1 aromatic heterocycles. The Hall–Kier alpha value is -0.890. The number of nitrogens with zero attached hydrogens (tertiary/aromatic N) is 1. The molecule has 0 aliphatic rings. The molecule has 2 nitrogen and oxygen atoms in total. The number of hydrogen-bond donors (Lipinski definition) is 1. The van der Waals surface area contributed by atoms with Crippen LogP contribution in [0.25, 0.3) is 0 Å². The first-order valence-corrected chi connectivity index (χ1v) is 5.87. The average molecular weight is 206 g/mol. The Labute approximate surface area is 93.1 Å². The lowest BCUT2D eigenvalue weighted by atomic mass is 10.0. The topological polar surface area (TPSA) is 24.9 Å². The van der Waals surface area contributed by atoms with E-state index in [0.29, 0.717) is 0 Å². The Morgan fingerprint density at radius 1 is 1.27 bits per heavy atom. The number of hydrogen-bond acceptors (Lipinski definition) is 2. The van der Waals surface area contributed by atoms with Gasteiger partial charge in [-0.25, -0.2) is 0 Å². The normalized spacial score (nSPS) is 10.9. The van der Waals surface area contributed by atoms with E-state index in [2.05, 4.69) is 37.1 Å². The van der Waals surface area contributed by atoms with Crippen molar-refractivity contribution in [2.24, 2.45) is 5.92 Å². The fraction of sp³-hybridized carbons (Fsp3) is 0.615. The summed E-state index contributed by atoms with van der Waals surface area (Å²) in [5, 5.41) is 3.49. The minimum Gasteiger partial charge on any atom is -0.312 e. The fourth-order valence-corrected chi connectivity index (χ4v) is 1.71. The van der Waals surface area contributed by atoms with Crippen molar-refractivity contribution in [1.82, 2.24) is 10.3 Å². The second-order valence-electron chi connectivity index (χ2n) is 4.18. The highest BCUT2D eigenvalue weighted by Gasteiger charge is 2.02. The Balaban J connectivity index is 2.31. The van der Waals surface area contributed by atoms with Crippen molar-refractivity contribution in [3.05, 3.63) is 29.6 Å². The second kappa shape index (κ2) is 6.57. The first kappa shape index (κ1) is 12.2. The standard InChI is InChI=1S/C13H22N2/c1-4-12(5-2)8-15-10-13-6-11(3)7-14-9-13/h6-7,9,12,15H,4-5,8,10H2,1-3H3. The van der Waals surface area contributed by atoms with E-state index in [0.717, 1.165) is 19.0 Å². The fourth-order valence-electron chi connectivity index (χ4n) is 1.71. The average Bonchev–Trinajstić information content (AvgIpc) is 2.25. The maximum atomic E-state index is 4.18. The van der Waals surface area contributed by atoms with E-state index in [1.807, 2.05) is 12.4 Å². The summed E-state index contributed by atoms with van der Waals surface area (Å²) in [7, 11) is 0. The van der Waals surface area contributed by atoms with Gasteiger partial charge in [-0.1, -0.05) is 32.8 Å². The molecule has 0 amide bonds. The molecule has 0 aliphatic carbocycles. The smallest absolute Gasteiger partial charge is 0.0313 e. The molecule has 15 heavy (non-hydrogen) atoms. The van der Waals surface area contributed by atoms with Crippen LogP contribution < -0.4 is 5.32 Å². The summed E-state index contributed by atoms with van der Waals surface area (Å²) < 4.78 is 0. The molecule has 0 unspecified atom stereocenters. The summed E-state index contributed by atoms with van der Waals surface area (Å²) >= 11 is 0. The van der Waals surface area contributed by atoms with Gasteiger partial charge in [-0.2, -0.15) is 0 Å². The summed E-state index contributed by atoms with van der Waals surface area (Å²) in [6.07, 6.45) is 6.35. The molecule has 0 radical (unpaired) electrons. The lowest BCUT2D eigenvalue weighted by molar-refractivity contribution is 0.449. The van der Waals surface area contributed by atoms with Crippen molar-refractivity contribution in [2.45, 2.75) is 40.2 Å². The van der Waals surface area contributed by atoms with Crippen LogP contribution in [0.15, 0.2) is 18.5 Å². The summed E-state index contributed by atoms with van der Waals surface area (Å²) in [6, 6.07) is 2.19. The zero-order chi connectivity index (χ0) is 11.1. The molecule has 1 heterocycles. The van der Waals surface area contributed by atoms with Gasteiger partial charge >= 0.3 is 0 Å². The van der Waals surface area contributed by atoms with Gasteiger partial charge in [0, 0.05) is 18.9 Å². The van der Waals surface area contributed by atoms with Gasteiger partial charge in [0.1, 0.15) is 0 Å². The molecule has 0 aliphatic heterocycles. The van der Waals surface area contributed by atoms with Crippen molar-refractivity contribution >= 4 is 0 Å². The molecular formula is C13H22N2. The summed E-state index contributed by atoms with van der Waals surface area (Å²) in [5.41, 5.74) is 2.51. The monoisotopic (exact) mass is 206 g/mol. The highest BCUT2D eigenvalue weighted by atomic mass is 14.9. The Morgan fingerprint density at radius 3 is 2.60 bits per heavy atom. The van der Waals surface area contributed by atoms with Gasteiger partial charge in [-0.3, -0.25) is 4.98 Å². The van der Waals surface area contributed by atoms with Crippen LogP contribution in [-0.2, 0) is 6.54 Å². The Bertz CT molecular complexity index is 280. The number of aromatic nitrogens is 1. The van der Waals surface area contributed by atoms with E-state index < -0.39 is 0 Å². The Kier molecular flexibility index (Phi) is 5.33. The van der Waals surface area contributed by atoms with E-state index in [1.54, 1.807) is 0 Å². The number of nitrogens with one attached hydrogen (secondary N) is 1. The molecule has 1 rings (SSSR count). The van der Waals surface area contributed by atoms with Crippen molar-refractivity contribution < 1.29 is 0 Å². The summed E-state index contributed by atoms with van der Waals surface area (Å²) in [6.45, 7) is 8.64. The van der Waals surface area contributed by atoms with Crippen LogP contribution in [0.5, 0.6) is 0 Å². The van der Waals surface area contributed by atoms with E-state index in [-0.39, 0.29) is 0 Å². The molecule has 84 valence electrons. The molecule has 0 saturated carbocycles. The maximum Gasteiger partial charge on any atom is 0.0313 e. The van der Waals surface area contributed by atoms with Crippen molar-refractivity contribution in [2.75, 3.05) is 6.54 Å². The molecule has 1 aromatic rings. The lowest BCUT2D eigenvalue weighted by Crippen LogP contribution is -2.21. The van der Waals surface area contributed by atoms with Gasteiger partial charge < -0.3 is 5.32 Å². The summed E-state index contributed by atoms with van der Waals surface area (Å²) in [5.74, 6) is 0.808. The van der Waals surface area contributed by atoms with Crippen LogP contribution in [0.4, 0.5) is 0 Å². The number of aryl methyl sites for hydroxylation is 1. The predicted molar refractivity (Wildman–Crippen MR) is 64.8 cm³/mol. The van der Waals surface area contributed by atoms with Gasteiger partial charge in [0.2, 0.25) is 0 Å². The maximum absolute atomic E-state index is 4.18. The molecule has 0 bridgehead atoms. The van der Waals surface area contributed by atoms with E-state index >= 15 is 0 Å².